The number of anilines is 8. The first-order valence-electron chi connectivity index (χ1n) is 31.6. The van der Waals surface area contributed by atoms with Crippen molar-refractivity contribution in [3.05, 3.63) is 171 Å². The van der Waals surface area contributed by atoms with Gasteiger partial charge < -0.3 is 14.7 Å². The summed E-state index contributed by atoms with van der Waals surface area (Å²) >= 11 is 0. The molecule has 7 aromatic carbocycles. The summed E-state index contributed by atoms with van der Waals surface area (Å²) in [6.45, 7) is 49.1. The molecule has 7 aromatic rings. The lowest BCUT2D eigenvalue weighted by atomic mass is 9.33. The average molecular weight is 1080 g/mol. The molecule has 424 valence electrons. The number of fused-ring (bicyclic) bond motifs is 9. The molecule has 0 spiro atoms. The van der Waals surface area contributed by atoms with E-state index in [-0.39, 0.29) is 55.6 Å². The fraction of sp³-hybridized carbons (Fsp3) is 0.462. The molecule has 3 nitrogen and oxygen atoms in total. The van der Waals surface area contributed by atoms with Crippen LogP contribution in [0.2, 0.25) is 0 Å². The van der Waals surface area contributed by atoms with Crippen LogP contribution in [0.25, 0.3) is 11.1 Å². The molecule has 4 heteroatoms. The number of aryl methyl sites for hydroxylation is 1. The smallest absolute Gasteiger partial charge is 0.252 e. The molecule has 3 aliphatic heterocycles. The van der Waals surface area contributed by atoms with Gasteiger partial charge in [-0.05, 0) is 204 Å². The maximum Gasteiger partial charge on any atom is 0.252 e. The number of hydrogen-bond acceptors (Lipinski definition) is 3. The Labute approximate surface area is 495 Å². The Balaban J connectivity index is 1.22. The zero-order valence-corrected chi connectivity index (χ0v) is 53.9. The molecule has 6 aliphatic rings. The molecule has 0 radical (unpaired) electrons. The summed E-state index contributed by atoms with van der Waals surface area (Å²) in [7, 11) is 0. The zero-order valence-electron chi connectivity index (χ0n) is 53.9. The van der Waals surface area contributed by atoms with E-state index in [0.717, 1.165) is 19.3 Å². The molecule has 1 fully saturated rings. The summed E-state index contributed by atoms with van der Waals surface area (Å²) in [5.41, 5.74) is 29.9. The molecular weight excluding hydrogens is 990 g/mol. The number of hydrogen-bond donors (Lipinski definition) is 0. The number of rotatable bonds is 4. The number of benzene rings is 7. The van der Waals surface area contributed by atoms with Crippen LogP contribution < -0.4 is 31.1 Å². The van der Waals surface area contributed by atoms with Gasteiger partial charge in [0.15, 0.2) is 0 Å². The largest absolute Gasteiger partial charge is 0.334 e. The van der Waals surface area contributed by atoms with Crippen LogP contribution in [0.3, 0.4) is 0 Å². The predicted octanol–water partition coefficient (Wildman–Crippen LogP) is 19.7. The van der Waals surface area contributed by atoms with E-state index in [1.165, 1.54) is 149 Å². The third kappa shape index (κ3) is 8.00. The molecule has 82 heavy (non-hydrogen) atoms. The third-order valence-corrected chi connectivity index (χ3v) is 22.2. The van der Waals surface area contributed by atoms with Gasteiger partial charge in [-0.3, -0.25) is 0 Å². The summed E-state index contributed by atoms with van der Waals surface area (Å²) < 4.78 is 0. The van der Waals surface area contributed by atoms with E-state index in [1.54, 1.807) is 0 Å². The van der Waals surface area contributed by atoms with Crippen molar-refractivity contribution in [2.75, 3.05) is 14.7 Å². The molecular formula is C78H94BN3. The predicted molar refractivity (Wildman–Crippen MR) is 355 cm³/mol. The van der Waals surface area contributed by atoms with Crippen molar-refractivity contribution in [2.45, 2.75) is 232 Å². The molecule has 3 aliphatic carbocycles. The lowest BCUT2D eigenvalue weighted by Gasteiger charge is -2.51. The molecule has 0 aromatic heterocycles. The summed E-state index contributed by atoms with van der Waals surface area (Å²) in [4.78, 5) is 8.46. The van der Waals surface area contributed by atoms with Gasteiger partial charge in [-0.15, -0.1) is 0 Å². The molecule has 0 amide bonds. The van der Waals surface area contributed by atoms with Crippen molar-refractivity contribution in [1.82, 2.24) is 0 Å². The molecule has 1 saturated carbocycles. The monoisotopic (exact) mass is 1080 g/mol. The summed E-state index contributed by atoms with van der Waals surface area (Å²) in [5.74, 6) is 0. The van der Waals surface area contributed by atoms with Crippen LogP contribution >= 0.6 is 0 Å². The highest BCUT2D eigenvalue weighted by Crippen LogP contribution is 2.63. The summed E-state index contributed by atoms with van der Waals surface area (Å²) in [6, 6.07) is 50.1. The third-order valence-electron chi connectivity index (χ3n) is 22.2. The highest BCUT2D eigenvalue weighted by atomic mass is 15.3. The van der Waals surface area contributed by atoms with Crippen molar-refractivity contribution in [2.24, 2.45) is 0 Å². The molecule has 0 saturated heterocycles. The fourth-order valence-corrected chi connectivity index (χ4v) is 17.2. The maximum atomic E-state index is 2.88. The molecule has 13 rings (SSSR count). The van der Waals surface area contributed by atoms with Gasteiger partial charge in [-0.1, -0.05) is 210 Å². The number of nitrogens with zero attached hydrogens (tertiary/aromatic N) is 3. The van der Waals surface area contributed by atoms with E-state index >= 15 is 0 Å². The Morgan fingerprint density at radius 3 is 1.52 bits per heavy atom. The second-order valence-electron chi connectivity index (χ2n) is 32.9. The first-order valence-corrected chi connectivity index (χ1v) is 31.6. The van der Waals surface area contributed by atoms with Crippen LogP contribution in [-0.4, -0.2) is 12.3 Å². The van der Waals surface area contributed by atoms with Gasteiger partial charge >= 0.3 is 0 Å². The van der Waals surface area contributed by atoms with Crippen LogP contribution in [0.1, 0.15) is 227 Å². The van der Waals surface area contributed by atoms with Gasteiger partial charge in [0.05, 0.1) is 11.2 Å². The van der Waals surface area contributed by atoms with Crippen LogP contribution in [0, 0.1) is 6.92 Å². The SMILES string of the molecule is Cc1cc2c(cc1N1c3cc(C(C)(C)C)ccc3B3c4cc5c(cc4N(c4ccc(C(C)(C)C)cc4-c4ccccc4)c4cc(N6c7ccc(C(C)(C)C)cc7C7(C)CCCCC67C)cc1c43)C(C)(C)CC5(C)C)C(C)(C)CCC2(C)C. The van der Waals surface area contributed by atoms with Gasteiger partial charge in [-0.2, -0.15) is 0 Å². The average Bonchev–Trinajstić information content (AvgIpc) is 1.75. The van der Waals surface area contributed by atoms with E-state index < -0.39 is 0 Å². The first kappa shape index (κ1) is 55.2. The lowest BCUT2D eigenvalue weighted by Crippen LogP contribution is -2.62. The van der Waals surface area contributed by atoms with Crippen molar-refractivity contribution < 1.29 is 0 Å². The van der Waals surface area contributed by atoms with Gasteiger partial charge in [0.1, 0.15) is 0 Å². The van der Waals surface area contributed by atoms with Gasteiger partial charge in [0.25, 0.3) is 6.71 Å². The molecule has 2 atom stereocenters. The second-order valence-corrected chi connectivity index (χ2v) is 32.9. The van der Waals surface area contributed by atoms with Crippen LogP contribution in [0.4, 0.5) is 45.5 Å². The summed E-state index contributed by atoms with van der Waals surface area (Å²) in [5, 5.41) is 0. The fourth-order valence-electron chi connectivity index (χ4n) is 17.2. The van der Waals surface area contributed by atoms with E-state index in [1.807, 2.05) is 0 Å². The van der Waals surface area contributed by atoms with Crippen LogP contribution in [0.5, 0.6) is 0 Å². The molecule has 3 heterocycles. The van der Waals surface area contributed by atoms with Crippen molar-refractivity contribution in [3.63, 3.8) is 0 Å². The Hall–Kier alpha value is -6.00. The normalized spacial score (nSPS) is 22.4. The van der Waals surface area contributed by atoms with Crippen molar-refractivity contribution >= 4 is 68.6 Å². The van der Waals surface area contributed by atoms with Gasteiger partial charge in [0, 0.05) is 50.8 Å². The highest BCUT2D eigenvalue weighted by Gasteiger charge is 2.59. The second kappa shape index (κ2) is 17.5. The minimum atomic E-state index is -0.171. The van der Waals surface area contributed by atoms with Gasteiger partial charge in [0.2, 0.25) is 0 Å². The van der Waals surface area contributed by atoms with Crippen molar-refractivity contribution in [3.8, 4) is 11.1 Å². The lowest BCUT2D eigenvalue weighted by molar-refractivity contribution is 0.195. The van der Waals surface area contributed by atoms with E-state index in [0.29, 0.717) is 0 Å². The van der Waals surface area contributed by atoms with Crippen LogP contribution in [-0.2, 0) is 43.3 Å². The zero-order chi connectivity index (χ0) is 58.6. The Morgan fingerprint density at radius 2 is 0.902 bits per heavy atom. The van der Waals surface area contributed by atoms with E-state index in [4.69, 9.17) is 0 Å². The van der Waals surface area contributed by atoms with E-state index in [9.17, 15) is 0 Å². The molecule has 2 unspecified atom stereocenters. The maximum absolute atomic E-state index is 2.88. The minimum absolute atomic E-state index is 0.00769. The highest BCUT2D eigenvalue weighted by molar-refractivity contribution is 7.00. The Kier molecular flexibility index (Phi) is 11.8. The summed E-state index contributed by atoms with van der Waals surface area (Å²) in [6.07, 6.45) is 8.22. The molecule has 0 N–H and O–H groups in total. The minimum Gasteiger partial charge on any atom is -0.334 e. The van der Waals surface area contributed by atoms with Crippen molar-refractivity contribution in [1.29, 1.82) is 0 Å². The first-order chi connectivity index (χ1) is 38.2. The molecule has 0 bridgehead atoms. The Bertz CT molecular complexity index is 3810. The van der Waals surface area contributed by atoms with E-state index in [2.05, 4.69) is 275 Å². The quantitative estimate of drug-likeness (QED) is 0.163. The topological polar surface area (TPSA) is 9.72 Å². The standard InChI is InChI=1S/C78H94BN3/c1-48-38-55-57(74(13,14)37-36-73(55,11)12)45-64(48)81-65-41-52(72(8,9)10)28-31-60(65)79-61-44-56-58(76(17,18)47-75(56,15)16)46-66(61)80(62-32-29-50(70(2,3)4)39-54(62)49-26-22-21-23-27-49)67-42-53(43-68(81)69(67)79)82-63-33-30-51(71(5,6)7)40-59(63)77(19)34-24-25-35-78(77,82)20/h21-23,26-33,38-46H,24-25,34-37,47H2,1-20H3. The Morgan fingerprint density at radius 1 is 0.402 bits per heavy atom. The van der Waals surface area contributed by atoms with Gasteiger partial charge in [-0.25, -0.2) is 0 Å². The van der Waals surface area contributed by atoms with Crippen LogP contribution in [0.15, 0.2) is 121 Å².